The molecule has 0 radical (unpaired) electrons. The van der Waals surface area contributed by atoms with Crippen molar-refractivity contribution in [1.29, 1.82) is 0 Å². The number of nitrogens with zero attached hydrogens (tertiary/aromatic N) is 1. The molecule has 0 amide bonds. The number of hydrogen-bond acceptors (Lipinski definition) is 1. The van der Waals surface area contributed by atoms with Crippen molar-refractivity contribution in [2.75, 3.05) is 0 Å². The largest absolute Gasteiger partial charge is 0.456 e. The maximum Gasteiger partial charge on any atom is 0.136 e. The Balaban J connectivity index is 0.728. The second-order valence-electron chi connectivity index (χ2n) is 23.4. The lowest BCUT2D eigenvalue weighted by atomic mass is 9.70. The minimum absolute atomic E-state index is 0.0581. The van der Waals surface area contributed by atoms with Gasteiger partial charge in [0.25, 0.3) is 0 Å². The van der Waals surface area contributed by atoms with Gasteiger partial charge in [-0.3, -0.25) is 0 Å². The van der Waals surface area contributed by atoms with E-state index in [-0.39, 0.29) is 11.3 Å². The van der Waals surface area contributed by atoms with Crippen molar-refractivity contribution >= 4 is 43.7 Å². The van der Waals surface area contributed by atoms with Gasteiger partial charge in [-0.2, -0.15) is 0 Å². The molecule has 2 heteroatoms. The monoisotopic (exact) mass is 1030 g/mol. The van der Waals surface area contributed by atoms with Crippen molar-refractivity contribution < 1.29 is 4.42 Å². The van der Waals surface area contributed by atoms with Crippen LogP contribution in [0, 0.1) is 0 Å². The number of aromatic nitrogens is 1. The van der Waals surface area contributed by atoms with Gasteiger partial charge in [-0.05, 0) is 161 Å². The number of para-hydroxylation sites is 2. The Labute approximate surface area is 471 Å². The van der Waals surface area contributed by atoms with E-state index >= 15 is 0 Å². The standard InChI is InChI=1S/C79H55NO/c1-78(2)66-23-11-6-18-58(66)60-41-37-55(47-70(60)78)57(53-35-33-51(34-36-53)50-16-4-3-5-17-50)40-30-49-28-31-52(32-29-49)54-38-44-73-65(46-54)62-20-9-14-26-72(62)80(73)56-39-42-61-59-19-7-12-24-67(59)79(71(61)48-56)68-25-13-8-21-63(68)76-69(79)43-45-75-77(76)64-22-10-15-27-74(64)81-75/h3-29,31-39,41-48,57H,30,40H2,1-2H3. The van der Waals surface area contributed by atoms with Gasteiger partial charge in [-0.15, -0.1) is 0 Å². The molecular formula is C79H55NO. The fourth-order valence-electron chi connectivity index (χ4n) is 15.2. The molecule has 81 heavy (non-hydrogen) atoms. The van der Waals surface area contributed by atoms with Crippen LogP contribution in [0.3, 0.4) is 0 Å². The molecule has 0 saturated heterocycles. The van der Waals surface area contributed by atoms with Gasteiger partial charge in [0, 0.05) is 38.6 Å². The summed E-state index contributed by atoms with van der Waals surface area (Å²) in [6.07, 6.45) is 1.97. The lowest BCUT2D eigenvalue weighted by molar-refractivity contribution is 0.654. The van der Waals surface area contributed by atoms with E-state index in [1.54, 1.807) is 0 Å². The van der Waals surface area contributed by atoms with Crippen molar-refractivity contribution in [3.05, 3.63) is 317 Å². The lowest BCUT2D eigenvalue weighted by Crippen LogP contribution is -2.26. The molecule has 17 rings (SSSR count). The summed E-state index contributed by atoms with van der Waals surface area (Å²) in [6.45, 7) is 4.78. The number of hydrogen-bond donors (Lipinski definition) is 0. The highest BCUT2D eigenvalue weighted by molar-refractivity contribution is 6.16. The van der Waals surface area contributed by atoms with E-state index in [0.29, 0.717) is 0 Å². The van der Waals surface area contributed by atoms with Gasteiger partial charge in [-0.25, -0.2) is 0 Å². The third-order valence-electron chi connectivity index (χ3n) is 18.9. The number of furan rings is 1. The SMILES string of the molecule is CC1(C)c2ccccc2-c2ccc(C(CCc3ccc(-c4ccc5c(c4)c4ccccc4n5-c4ccc5c(c4)C4(c6ccccc6-5)c5ccccc5-c5c4ccc4oc6ccccc6c54)cc3)c3ccc(-c4ccccc4)cc3)cc21. The van der Waals surface area contributed by atoms with Crippen LogP contribution >= 0.6 is 0 Å². The Bertz CT molecular complexity index is 4900. The first-order valence-corrected chi connectivity index (χ1v) is 28.7. The van der Waals surface area contributed by atoms with Crippen molar-refractivity contribution in [3.8, 4) is 61.3 Å². The normalized spacial score (nSPS) is 15.5. The molecule has 2 atom stereocenters. The molecule has 12 aromatic carbocycles. The summed E-state index contributed by atoms with van der Waals surface area (Å²) in [4.78, 5) is 0. The molecule has 382 valence electrons. The molecule has 0 N–H and O–H groups in total. The summed E-state index contributed by atoms with van der Waals surface area (Å²) in [6, 6.07) is 100. The van der Waals surface area contributed by atoms with Crippen molar-refractivity contribution in [3.63, 3.8) is 0 Å². The summed E-state index contributed by atoms with van der Waals surface area (Å²) >= 11 is 0. The molecule has 2 unspecified atom stereocenters. The molecule has 0 fully saturated rings. The van der Waals surface area contributed by atoms with Crippen molar-refractivity contribution in [1.82, 2.24) is 4.57 Å². The van der Waals surface area contributed by atoms with E-state index in [2.05, 4.69) is 285 Å². The Morgan fingerprint density at radius 1 is 0.370 bits per heavy atom. The van der Waals surface area contributed by atoms with Crippen molar-refractivity contribution in [2.45, 2.75) is 43.4 Å². The summed E-state index contributed by atoms with van der Waals surface area (Å²) < 4.78 is 9.05. The van der Waals surface area contributed by atoms with Gasteiger partial charge >= 0.3 is 0 Å². The number of benzene rings is 12. The Kier molecular flexibility index (Phi) is 9.90. The highest BCUT2D eigenvalue weighted by atomic mass is 16.3. The van der Waals surface area contributed by atoms with Crippen LogP contribution in [0.2, 0.25) is 0 Å². The van der Waals surface area contributed by atoms with E-state index in [0.717, 1.165) is 35.1 Å². The lowest BCUT2D eigenvalue weighted by Gasteiger charge is -2.30. The van der Waals surface area contributed by atoms with E-state index < -0.39 is 5.41 Å². The fraction of sp³-hybridized carbons (Fsp3) is 0.0886. The van der Waals surface area contributed by atoms with Gasteiger partial charge in [0.05, 0.1) is 16.4 Å². The molecule has 0 bridgehead atoms. The molecule has 2 aromatic heterocycles. The third-order valence-corrected chi connectivity index (χ3v) is 18.9. The molecule has 3 aliphatic rings. The van der Waals surface area contributed by atoms with E-state index in [1.807, 2.05) is 0 Å². The van der Waals surface area contributed by atoms with Gasteiger partial charge in [-0.1, -0.05) is 238 Å². The number of rotatable bonds is 8. The van der Waals surface area contributed by atoms with Gasteiger partial charge in [0.2, 0.25) is 0 Å². The van der Waals surface area contributed by atoms with Crippen LogP contribution in [-0.2, 0) is 17.3 Å². The minimum Gasteiger partial charge on any atom is -0.456 e. The highest BCUT2D eigenvalue weighted by Gasteiger charge is 2.52. The first-order valence-electron chi connectivity index (χ1n) is 28.7. The van der Waals surface area contributed by atoms with Gasteiger partial charge in [0.15, 0.2) is 0 Å². The van der Waals surface area contributed by atoms with E-state index in [9.17, 15) is 0 Å². The fourth-order valence-corrected chi connectivity index (χ4v) is 15.2. The minimum atomic E-state index is -0.514. The molecule has 0 aliphatic heterocycles. The molecule has 1 spiro atoms. The highest BCUT2D eigenvalue weighted by Crippen LogP contribution is 2.64. The van der Waals surface area contributed by atoms with Crippen molar-refractivity contribution in [2.24, 2.45) is 0 Å². The maximum absolute atomic E-state index is 6.55. The molecule has 0 saturated carbocycles. The number of aryl methyl sites for hydroxylation is 1. The zero-order chi connectivity index (χ0) is 53.6. The summed E-state index contributed by atoms with van der Waals surface area (Å²) in [5, 5.41) is 4.85. The summed E-state index contributed by atoms with van der Waals surface area (Å²) in [7, 11) is 0. The van der Waals surface area contributed by atoms with Gasteiger partial charge in [0.1, 0.15) is 11.2 Å². The number of fused-ring (bicyclic) bond motifs is 20. The average Bonchev–Trinajstić information content (AvgIpc) is 2.53. The van der Waals surface area contributed by atoms with Crippen LogP contribution in [0.25, 0.3) is 105 Å². The second kappa shape index (κ2) is 17.4. The predicted octanol–water partition coefficient (Wildman–Crippen LogP) is 20.4. The molecule has 2 heterocycles. The van der Waals surface area contributed by atoms with Gasteiger partial charge < -0.3 is 8.98 Å². The Morgan fingerprint density at radius 2 is 0.951 bits per heavy atom. The van der Waals surface area contributed by atoms with E-state index in [4.69, 9.17) is 4.42 Å². The zero-order valence-electron chi connectivity index (χ0n) is 45.3. The van der Waals surface area contributed by atoms with Crippen LogP contribution in [0.1, 0.15) is 76.3 Å². The molecule has 14 aromatic rings. The van der Waals surface area contributed by atoms with Crippen LogP contribution in [-0.4, -0.2) is 4.57 Å². The molecule has 3 aliphatic carbocycles. The Hall–Kier alpha value is -9.76. The molecule has 2 nitrogen and oxygen atoms in total. The van der Waals surface area contributed by atoms with Crippen LogP contribution in [0.15, 0.2) is 271 Å². The van der Waals surface area contributed by atoms with Crippen LogP contribution in [0.4, 0.5) is 0 Å². The Morgan fingerprint density at radius 3 is 1.77 bits per heavy atom. The second-order valence-corrected chi connectivity index (χ2v) is 23.4. The third kappa shape index (κ3) is 6.62. The average molecular weight is 1030 g/mol. The molecular weight excluding hydrogens is 979 g/mol. The van der Waals surface area contributed by atoms with E-state index in [1.165, 1.54) is 133 Å². The zero-order valence-corrected chi connectivity index (χ0v) is 45.3. The first kappa shape index (κ1) is 46.2. The quantitative estimate of drug-likeness (QED) is 0.148. The van der Waals surface area contributed by atoms with Crippen LogP contribution < -0.4 is 0 Å². The maximum atomic E-state index is 6.55. The summed E-state index contributed by atoms with van der Waals surface area (Å²) in [5.41, 5.74) is 29.8. The van der Waals surface area contributed by atoms with Crippen LogP contribution in [0.5, 0.6) is 0 Å². The summed E-state index contributed by atoms with van der Waals surface area (Å²) in [5.74, 6) is 0.240. The topological polar surface area (TPSA) is 18.1 Å². The predicted molar refractivity (Wildman–Crippen MR) is 336 cm³/mol. The smallest absolute Gasteiger partial charge is 0.136 e. The first-order chi connectivity index (χ1) is 39.9.